The Hall–Kier alpha value is -1.88. The first-order valence-electron chi connectivity index (χ1n) is 5.60. The lowest BCUT2D eigenvalue weighted by atomic mass is 10.1. The van der Waals surface area contributed by atoms with Gasteiger partial charge in [-0.15, -0.1) is 0 Å². The molecule has 0 aromatic heterocycles. The second kappa shape index (κ2) is 5.40. The summed E-state index contributed by atoms with van der Waals surface area (Å²) in [7, 11) is 0. The van der Waals surface area contributed by atoms with Gasteiger partial charge in [-0.1, -0.05) is 12.1 Å². The van der Waals surface area contributed by atoms with Crippen molar-refractivity contribution in [1.82, 2.24) is 0 Å². The van der Waals surface area contributed by atoms with Gasteiger partial charge in [-0.3, -0.25) is 4.79 Å². The SMILES string of the molecule is Cc1cccc(C(=O)Nc2ccc(N)c(Br)c2)c1F. The van der Waals surface area contributed by atoms with E-state index in [1.54, 1.807) is 37.3 Å². The van der Waals surface area contributed by atoms with Crippen LogP contribution in [-0.4, -0.2) is 5.91 Å². The summed E-state index contributed by atoms with van der Waals surface area (Å²) in [5.74, 6) is -0.993. The molecular weight excluding hydrogens is 311 g/mol. The first-order valence-corrected chi connectivity index (χ1v) is 6.40. The average Bonchev–Trinajstić information content (AvgIpc) is 2.37. The van der Waals surface area contributed by atoms with Gasteiger partial charge in [0, 0.05) is 15.8 Å². The lowest BCUT2D eigenvalue weighted by Gasteiger charge is -2.08. The number of hydrogen-bond donors (Lipinski definition) is 2. The Morgan fingerprint density at radius 3 is 2.74 bits per heavy atom. The van der Waals surface area contributed by atoms with Crippen LogP contribution in [0.4, 0.5) is 15.8 Å². The molecule has 0 atom stereocenters. The number of nitrogens with one attached hydrogen (secondary N) is 1. The smallest absolute Gasteiger partial charge is 0.258 e. The number of nitrogen functional groups attached to an aromatic ring is 1. The molecule has 2 rings (SSSR count). The summed E-state index contributed by atoms with van der Waals surface area (Å²) in [6, 6.07) is 9.70. The van der Waals surface area contributed by atoms with Crippen LogP contribution in [0.2, 0.25) is 0 Å². The van der Waals surface area contributed by atoms with Crippen LogP contribution in [0.3, 0.4) is 0 Å². The molecule has 0 aliphatic heterocycles. The summed E-state index contributed by atoms with van der Waals surface area (Å²) < 4.78 is 14.5. The molecule has 0 saturated heterocycles. The van der Waals surface area contributed by atoms with E-state index < -0.39 is 11.7 Å². The Balaban J connectivity index is 2.26. The third-order valence-corrected chi connectivity index (χ3v) is 3.38. The second-order valence-corrected chi connectivity index (χ2v) is 4.98. The van der Waals surface area contributed by atoms with E-state index in [0.29, 0.717) is 21.4 Å². The van der Waals surface area contributed by atoms with Gasteiger partial charge in [0.1, 0.15) is 5.82 Å². The molecule has 5 heteroatoms. The summed E-state index contributed by atoms with van der Waals surface area (Å²) in [6.45, 7) is 1.62. The third-order valence-electron chi connectivity index (χ3n) is 2.69. The molecule has 19 heavy (non-hydrogen) atoms. The van der Waals surface area contributed by atoms with Gasteiger partial charge in [0.2, 0.25) is 0 Å². The molecular formula is C14H12BrFN2O. The van der Waals surface area contributed by atoms with Crippen molar-refractivity contribution in [1.29, 1.82) is 0 Å². The Bertz CT molecular complexity index is 643. The highest BCUT2D eigenvalue weighted by Gasteiger charge is 2.13. The Kier molecular flexibility index (Phi) is 3.85. The van der Waals surface area contributed by atoms with Crippen LogP contribution < -0.4 is 11.1 Å². The minimum atomic E-state index is -0.505. The predicted octanol–water partition coefficient (Wildman–Crippen LogP) is 3.73. The summed E-state index contributed by atoms with van der Waals surface area (Å²) in [6.07, 6.45) is 0. The van der Waals surface area contributed by atoms with Crippen LogP contribution in [0.5, 0.6) is 0 Å². The van der Waals surface area contributed by atoms with Crippen LogP contribution in [0.15, 0.2) is 40.9 Å². The van der Waals surface area contributed by atoms with Crippen molar-refractivity contribution in [3.63, 3.8) is 0 Å². The number of nitrogens with two attached hydrogens (primary N) is 1. The van der Waals surface area contributed by atoms with Gasteiger partial charge in [-0.2, -0.15) is 0 Å². The van der Waals surface area contributed by atoms with Crippen molar-refractivity contribution < 1.29 is 9.18 Å². The maximum absolute atomic E-state index is 13.8. The molecule has 0 unspecified atom stereocenters. The summed E-state index contributed by atoms with van der Waals surface area (Å²) in [5, 5.41) is 2.63. The Labute approximate surface area is 118 Å². The van der Waals surface area contributed by atoms with Crippen LogP contribution in [0, 0.1) is 12.7 Å². The largest absolute Gasteiger partial charge is 0.398 e. The summed E-state index contributed by atoms with van der Waals surface area (Å²) in [4.78, 5) is 12.0. The number of hydrogen-bond acceptors (Lipinski definition) is 2. The minimum absolute atomic E-state index is 0.0212. The second-order valence-electron chi connectivity index (χ2n) is 4.13. The van der Waals surface area contributed by atoms with Gasteiger partial charge in [-0.05, 0) is 52.7 Å². The van der Waals surface area contributed by atoms with E-state index in [1.165, 1.54) is 6.07 Å². The van der Waals surface area contributed by atoms with Crippen molar-refractivity contribution in [3.05, 3.63) is 57.8 Å². The quantitative estimate of drug-likeness (QED) is 0.828. The van der Waals surface area contributed by atoms with Gasteiger partial charge in [-0.25, -0.2) is 4.39 Å². The predicted molar refractivity (Wildman–Crippen MR) is 77.6 cm³/mol. The molecule has 3 nitrogen and oxygen atoms in total. The molecule has 2 aromatic carbocycles. The standard InChI is InChI=1S/C14H12BrFN2O/c1-8-3-2-4-10(13(8)16)14(19)18-9-5-6-12(17)11(15)7-9/h2-7H,17H2,1H3,(H,18,19). The van der Waals surface area contributed by atoms with E-state index in [1.807, 2.05) is 0 Å². The minimum Gasteiger partial charge on any atom is -0.398 e. The highest BCUT2D eigenvalue weighted by atomic mass is 79.9. The van der Waals surface area contributed by atoms with Crippen LogP contribution in [0.1, 0.15) is 15.9 Å². The fourth-order valence-electron chi connectivity index (χ4n) is 1.63. The molecule has 0 aliphatic carbocycles. The number of aryl methyl sites for hydroxylation is 1. The number of amides is 1. The maximum atomic E-state index is 13.8. The van der Waals surface area contributed by atoms with Crippen molar-refractivity contribution in [3.8, 4) is 0 Å². The lowest BCUT2D eigenvalue weighted by Crippen LogP contribution is -2.14. The molecule has 1 amide bonds. The zero-order valence-electron chi connectivity index (χ0n) is 10.2. The molecule has 0 saturated carbocycles. The molecule has 2 aromatic rings. The Morgan fingerprint density at radius 2 is 2.05 bits per heavy atom. The van der Waals surface area contributed by atoms with Gasteiger partial charge in [0.05, 0.1) is 5.56 Å². The molecule has 0 spiro atoms. The monoisotopic (exact) mass is 322 g/mol. The number of benzene rings is 2. The van der Waals surface area contributed by atoms with Crippen LogP contribution >= 0.6 is 15.9 Å². The molecule has 3 N–H and O–H groups in total. The number of rotatable bonds is 2. The van der Waals surface area contributed by atoms with E-state index in [2.05, 4.69) is 21.2 Å². The van der Waals surface area contributed by atoms with E-state index in [4.69, 9.17) is 5.73 Å². The molecule has 0 fully saturated rings. The lowest BCUT2D eigenvalue weighted by molar-refractivity contribution is 0.102. The molecule has 98 valence electrons. The van der Waals surface area contributed by atoms with Crippen molar-refractivity contribution in [2.75, 3.05) is 11.1 Å². The van der Waals surface area contributed by atoms with Crippen molar-refractivity contribution in [2.45, 2.75) is 6.92 Å². The van der Waals surface area contributed by atoms with Crippen LogP contribution in [-0.2, 0) is 0 Å². The summed E-state index contributed by atoms with van der Waals surface area (Å²) in [5.41, 5.74) is 7.23. The number of halogens is 2. The fourth-order valence-corrected chi connectivity index (χ4v) is 2.00. The van der Waals surface area contributed by atoms with Crippen molar-refractivity contribution in [2.24, 2.45) is 0 Å². The highest BCUT2D eigenvalue weighted by Crippen LogP contribution is 2.24. The molecule has 0 bridgehead atoms. The fraction of sp³-hybridized carbons (Fsp3) is 0.0714. The topological polar surface area (TPSA) is 55.1 Å². The number of anilines is 2. The molecule has 0 aliphatic rings. The van der Waals surface area contributed by atoms with Gasteiger partial charge >= 0.3 is 0 Å². The summed E-state index contributed by atoms with van der Waals surface area (Å²) >= 11 is 3.27. The molecule has 0 radical (unpaired) electrons. The van der Waals surface area contributed by atoms with E-state index in [-0.39, 0.29) is 5.56 Å². The first kappa shape index (κ1) is 13.5. The number of carbonyl (C=O) groups excluding carboxylic acids is 1. The average molecular weight is 323 g/mol. The highest BCUT2D eigenvalue weighted by molar-refractivity contribution is 9.10. The van der Waals surface area contributed by atoms with Crippen molar-refractivity contribution >= 4 is 33.2 Å². The Morgan fingerprint density at radius 1 is 1.32 bits per heavy atom. The molecule has 0 heterocycles. The normalized spacial score (nSPS) is 10.3. The van der Waals surface area contributed by atoms with E-state index >= 15 is 0 Å². The third kappa shape index (κ3) is 2.93. The zero-order chi connectivity index (χ0) is 14.0. The van der Waals surface area contributed by atoms with E-state index in [9.17, 15) is 9.18 Å². The van der Waals surface area contributed by atoms with Gasteiger partial charge in [0.15, 0.2) is 0 Å². The van der Waals surface area contributed by atoms with Gasteiger partial charge in [0.25, 0.3) is 5.91 Å². The maximum Gasteiger partial charge on any atom is 0.258 e. The first-order chi connectivity index (χ1) is 8.99. The van der Waals surface area contributed by atoms with E-state index in [0.717, 1.165) is 0 Å². The number of carbonyl (C=O) groups is 1. The van der Waals surface area contributed by atoms with Gasteiger partial charge < -0.3 is 11.1 Å². The zero-order valence-corrected chi connectivity index (χ0v) is 11.8. The van der Waals surface area contributed by atoms with Crippen LogP contribution in [0.25, 0.3) is 0 Å².